The van der Waals surface area contributed by atoms with E-state index in [1.165, 1.54) is 23.2 Å². The van der Waals surface area contributed by atoms with E-state index in [1.54, 1.807) is 18.2 Å². The van der Waals surface area contributed by atoms with E-state index in [0.29, 0.717) is 28.0 Å². The molecule has 15 heteroatoms. The van der Waals surface area contributed by atoms with Crippen molar-refractivity contribution in [3.05, 3.63) is 71.3 Å². The molecule has 1 fully saturated rings. The summed E-state index contributed by atoms with van der Waals surface area (Å²) < 4.78 is 99.4. The van der Waals surface area contributed by atoms with Crippen molar-refractivity contribution in [3.8, 4) is 17.1 Å². The Morgan fingerprint density at radius 3 is 2.56 bits per heavy atom. The first kappa shape index (κ1) is 28.7. The van der Waals surface area contributed by atoms with Crippen LogP contribution < -0.4 is 15.0 Å². The molecule has 1 aromatic carbocycles. The van der Waals surface area contributed by atoms with Gasteiger partial charge in [0.25, 0.3) is 12.3 Å². The Labute approximate surface area is 241 Å². The third-order valence-corrected chi connectivity index (χ3v) is 8.93. The van der Waals surface area contributed by atoms with Gasteiger partial charge in [-0.3, -0.25) is 9.78 Å². The van der Waals surface area contributed by atoms with E-state index in [-0.39, 0.29) is 43.2 Å². The molecule has 1 saturated heterocycles. The summed E-state index contributed by atoms with van der Waals surface area (Å²) in [7, 11) is -4.56. The number of amides is 1. The van der Waals surface area contributed by atoms with Crippen LogP contribution in [-0.4, -0.2) is 60.6 Å². The van der Waals surface area contributed by atoms with Crippen molar-refractivity contribution in [1.29, 1.82) is 0 Å². The minimum Gasteiger partial charge on any atom is -0.489 e. The van der Waals surface area contributed by atoms with E-state index in [0.717, 1.165) is 12.1 Å². The molecule has 5 heterocycles. The maximum atomic E-state index is 14.7. The zero-order valence-corrected chi connectivity index (χ0v) is 22.9. The van der Waals surface area contributed by atoms with Gasteiger partial charge < -0.3 is 15.0 Å². The number of anilines is 1. The molecule has 3 aromatic heterocycles. The van der Waals surface area contributed by atoms with Crippen molar-refractivity contribution in [2.24, 2.45) is 0 Å². The summed E-state index contributed by atoms with van der Waals surface area (Å²) in [5.74, 6) is -2.58. The molecule has 0 aliphatic carbocycles. The number of fused-ring (bicyclic) bond motifs is 2. The average molecular weight is 620 g/mol. The summed E-state index contributed by atoms with van der Waals surface area (Å²) in [5, 5.41) is 3.15. The molecule has 1 amide bonds. The second-order valence-electron chi connectivity index (χ2n) is 10.0. The highest BCUT2D eigenvalue weighted by atomic mass is 32.2. The SMILES string of the molecule is O=C(NCc1cc2nc(-c3ccc(C(F)F)c(N4CC(F)C4)n3)ccc2cn1)c1cc(F)c2c(c1)S(=O)(=O)[C@@H](F)CCO2. The molecule has 9 nitrogen and oxygen atoms in total. The largest absolute Gasteiger partial charge is 0.489 e. The van der Waals surface area contributed by atoms with Crippen LogP contribution in [0.15, 0.2) is 53.6 Å². The lowest BCUT2D eigenvalue weighted by Crippen LogP contribution is -2.49. The maximum absolute atomic E-state index is 14.7. The summed E-state index contributed by atoms with van der Waals surface area (Å²) in [4.78, 5) is 26.7. The van der Waals surface area contributed by atoms with Crippen LogP contribution in [-0.2, 0) is 16.4 Å². The summed E-state index contributed by atoms with van der Waals surface area (Å²) in [5.41, 5.74) is -1.50. The minimum absolute atomic E-state index is 0.00272. The van der Waals surface area contributed by atoms with Gasteiger partial charge in [0.15, 0.2) is 11.6 Å². The Bertz CT molecular complexity index is 1850. The number of nitrogens with one attached hydrogen (secondary N) is 1. The average Bonchev–Trinajstić information content (AvgIpc) is 3.08. The molecule has 2 aliphatic heterocycles. The molecule has 0 unspecified atom stereocenters. The van der Waals surface area contributed by atoms with E-state index >= 15 is 0 Å². The first-order valence-corrected chi connectivity index (χ1v) is 14.6. The Morgan fingerprint density at radius 2 is 1.81 bits per heavy atom. The third kappa shape index (κ3) is 5.44. The Morgan fingerprint density at radius 1 is 1.07 bits per heavy atom. The van der Waals surface area contributed by atoms with Crippen LogP contribution in [0.1, 0.15) is 34.5 Å². The predicted molar refractivity (Wildman–Crippen MR) is 145 cm³/mol. The number of carbonyl (C=O) groups excluding carboxylic acids is 1. The number of sulfone groups is 1. The normalized spacial score (nSPS) is 18.1. The number of benzene rings is 1. The Balaban J connectivity index is 1.23. The van der Waals surface area contributed by atoms with Gasteiger partial charge in [0.1, 0.15) is 16.9 Å². The minimum atomic E-state index is -4.56. The number of carbonyl (C=O) groups is 1. The number of hydrogen-bond donors (Lipinski definition) is 1. The fraction of sp³-hybridized carbons (Fsp3) is 0.286. The van der Waals surface area contributed by atoms with Crippen LogP contribution in [0.4, 0.5) is 27.8 Å². The van der Waals surface area contributed by atoms with E-state index < -0.39 is 56.7 Å². The van der Waals surface area contributed by atoms with Crippen molar-refractivity contribution in [1.82, 2.24) is 20.3 Å². The highest BCUT2D eigenvalue weighted by Gasteiger charge is 2.36. The maximum Gasteiger partial charge on any atom is 0.267 e. The van der Waals surface area contributed by atoms with Gasteiger partial charge in [-0.1, -0.05) is 0 Å². The number of halogens is 5. The van der Waals surface area contributed by atoms with E-state index in [2.05, 4.69) is 20.3 Å². The number of aromatic nitrogens is 3. The van der Waals surface area contributed by atoms with Crippen LogP contribution in [0, 0.1) is 5.82 Å². The first-order valence-electron chi connectivity index (χ1n) is 13.1. The van der Waals surface area contributed by atoms with Gasteiger partial charge in [-0.25, -0.2) is 40.3 Å². The van der Waals surface area contributed by atoms with Crippen LogP contribution in [0.3, 0.4) is 0 Å². The molecule has 224 valence electrons. The lowest BCUT2D eigenvalue weighted by atomic mass is 10.1. The van der Waals surface area contributed by atoms with Crippen LogP contribution >= 0.6 is 0 Å². The lowest BCUT2D eigenvalue weighted by molar-refractivity contribution is 0.0949. The van der Waals surface area contributed by atoms with Crippen molar-refractivity contribution >= 4 is 32.5 Å². The zero-order chi connectivity index (χ0) is 30.5. The molecule has 0 spiro atoms. The topological polar surface area (TPSA) is 114 Å². The number of hydrogen-bond acceptors (Lipinski definition) is 8. The monoisotopic (exact) mass is 619 g/mol. The quantitative estimate of drug-likeness (QED) is 0.309. The van der Waals surface area contributed by atoms with Crippen LogP contribution in [0.25, 0.3) is 22.3 Å². The molecule has 6 rings (SSSR count). The lowest BCUT2D eigenvalue weighted by Gasteiger charge is -2.36. The molecule has 43 heavy (non-hydrogen) atoms. The highest BCUT2D eigenvalue weighted by Crippen LogP contribution is 2.36. The molecule has 1 atom stereocenters. The zero-order valence-electron chi connectivity index (χ0n) is 22.1. The van der Waals surface area contributed by atoms with Gasteiger partial charge in [0, 0.05) is 23.6 Å². The third-order valence-electron chi connectivity index (χ3n) is 7.11. The predicted octanol–water partition coefficient (Wildman–Crippen LogP) is 4.71. The van der Waals surface area contributed by atoms with Gasteiger partial charge in [0.2, 0.25) is 15.3 Å². The van der Waals surface area contributed by atoms with Crippen molar-refractivity contribution in [3.63, 3.8) is 0 Å². The second kappa shape index (κ2) is 11.0. The molecule has 0 saturated carbocycles. The molecule has 4 aromatic rings. The van der Waals surface area contributed by atoms with Crippen molar-refractivity contribution in [2.45, 2.75) is 36.0 Å². The van der Waals surface area contributed by atoms with Gasteiger partial charge in [-0.05, 0) is 42.5 Å². The number of alkyl halides is 4. The van der Waals surface area contributed by atoms with E-state index in [9.17, 15) is 35.2 Å². The molecular weight excluding hydrogens is 597 g/mol. The number of ether oxygens (including phenoxy) is 1. The van der Waals surface area contributed by atoms with E-state index in [1.807, 2.05) is 0 Å². The van der Waals surface area contributed by atoms with Gasteiger partial charge in [-0.2, -0.15) is 0 Å². The summed E-state index contributed by atoms with van der Waals surface area (Å²) in [6.07, 6.45) is -2.87. The van der Waals surface area contributed by atoms with Gasteiger partial charge in [-0.15, -0.1) is 0 Å². The molecule has 2 aliphatic rings. The van der Waals surface area contributed by atoms with Gasteiger partial charge >= 0.3 is 0 Å². The summed E-state index contributed by atoms with van der Waals surface area (Å²) in [6.45, 7) is -0.547. The fourth-order valence-electron chi connectivity index (χ4n) is 4.79. The number of nitrogens with zero attached hydrogens (tertiary/aromatic N) is 4. The summed E-state index contributed by atoms with van der Waals surface area (Å²) in [6, 6.07) is 9.24. The first-order chi connectivity index (χ1) is 20.5. The van der Waals surface area contributed by atoms with Gasteiger partial charge in [0.05, 0.1) is 54.4 Å². The smallest absolute Gasteiger partial charge is 0.267 e. The molecule has 0 radical (unpaired) electrons. The molecule has 0 bridgehead atoms. The summed E-state index contributed by atoms with van der Waals surface area (Å²) >= 11 is 0. The Hall–Kier alpha value is -4.40. The second-order valence-corrected chi connectivity index (χ2v) is 12.1. The number of rotatable bonds is 6. The molecular formula is C28H22F5N5O4S. The fourth-order valence-corrected chi connectivity index (χ4v) is 6.18. The Kier molecular flexibility index (Phi) is 7.36. The number of pyridine rings is 3. The highest BCUT2D eigenvalue weighted by molar-refractivity contribution is 7.92. The molecule has 1 N–H and O–H groups in total. The van der Waals surface area contributed by atoms with Crippen LogP contribution in [0.2, 0.25) is 0 Å². The van der Waals surface area contributed by atoms with Crippen molar-refractivity contribution < 1.29 is 39.9 Å². The standard InChI is InChI=1S/C28H22F5N5O4S/c29-16-12-38(13-16)27-18(26(32)33)2-4-21(37-27)20-3-1-14-10-34-17(9-22(14)36-20)11-35-28(39)15-7-19(30)25-23(8-15)43(40,41)24(31)5-6-42-25/h1-4,7-10,16,24,26H,5-6,11-13H2,(H,35,39)/t24-/m1/s1. The van der Waals surface area contributed by atoms with E-state index in [4.69, 9.17) is 4.74 Å². The van der Waals surface area contributed by atoms with Crippen molar-refractivity contribution in [2.75, 3.05) is 24.6 Å². The van der Waals surface area contributed by atoms with Crippen LogP contribution in [0.5, 0.6) is 5.75 Å².